The number of carbonyl (C=O) groups excluding carboxylic acids is 1. The fourth-order valence-corrected chi connectivity index (χ4v) is 2.72. The number of hydrazone groups is 1. The number of carbonyl (C=O) groups is 1. The van der Waals surface area contributed by atoms with Crippen LogP contribution in [0.1, 0.15) is 18.1 Å². The van der Waals surface area contributed by atoms with Gasteiger partial charge in [-0.15, -0.1) is 0 Å². The van der Waals surface area contributed by atoms with E-state index in [1.54, 1.807) is 12.1 Å². The molecule has 0 aliphatic heterocycles. The molecular weight excluding hydrogens is 328 g/mol. The first-order valence-corrected chi connectivity index (χ1v) is 8.41. The third-order valence-corrected chi connectivity index (χ3v) is 3.92. The highest BCUT2D eigenvalue weighted by atomic mass is 16.5. The van der Waals surface area contributed by atoms with Gasteiger partial charge in [0.1, 0.15) is 0 Å². The van der Waals surface area contributed by atoms with E-state index in [1.165, 1.54) is 12.3 Å². The van der Waals surface area contributed by atoms with E-state index >= 15 is 0 Å². The number of phenols is 1. The molecule has 0 atom stereocenters. The number of phenolic OH excluding ortho intramolecular Hbond substituents is 1. The molecule has 3 rings (SSSR count). The maximum Gasteiger partial charge on any atom is 0.244 e. The van der Waals surface area contributed by atoms with Crippen LogP contribution >= 0.6 is 0 Å². The minimum atomic E-state index is -0.193. The van der Waals surface area contributed by atoms with E-state index in [9.17, 15) is 9.90 Å². The molecule has 3 aromatic rings. The van der Waals surface area contributed by atoms with E-state index in [0.29, 0.717) is 12.4 Å². The molecule has 0 radical (unpaired) electrons. The van der Waals surface area contributed by atoms with Crippen LogP contribution in [0.25, 0.3) is 10.8 Å². The Bertz CT molecular complexity index is 946. The van der Waals surface area contributed by atoms with Gasteiger partial charge in [-0.1, -0.05) is 42.5 Å². The van der Waals surface area contributed by atoms with E-state index in [4.69, 9.17) is 4.74 Å². The highest BCUT2D eigenvalue weighted by Gasteiger charge is 2.06. The number of rotatable bonds is 6. The molecule has 0 bridgehead atoms. The van der Waals surface area contributed by atoms with Crippen LogP contribution in [-0.2, 0) is 11.2 Å². The summed E-state index contributed by atoms with van der Waals surface area (Å²) in [5.74, 6) is 0.268. The number of aromatic hydroxyl groups is 1. The molecule has 26 heavy (non-hydrogen) atoms. The summed E-state index contributed by atoms with van der Waals surface area (Å²) >= 11 is 0. The van der Waals surface area contributed by atoms with Gasteiger partial charge in [-0.05, 0) is 47.0 Å². The summed E-state index contributed by atoms with van der Waals surface area (Å²) in [5.41, 5.74) is 4.21. The minimum Gasteiger partial charge on any atom is -0.504 e. The van der Waals surface area contributed by atoms with Crippen LogP contribution in [0.15, 0.2) is 65.8 Å². The monoisotopic (exact) mass is 348 g/mol. The molecule has 5 heteroatoms. The second-order valence-corrected chi connectivity index (χ2v) is 5.77. The van der Waals surface area contributed by atoms with Crippen LogP contribution in [0, 0.1) is 0 Å². The highest BCUT2D eigenvalue weighted by Crippen LogP contribution is 2.26. The molecule has 0 unspecified atom stereocenters. The van der Waals surface area contributed by atoms with Crippen molar-refractivity contribution in [2.75, 3.05) is 6.61 Å². The predicted octanol–water partition coefficient (Wildman–Crippen LogP) is 3.64. The molecule has 0 heterocycles. The van der Waals surface area contributed by atoms with Gasteiger partial charge in [0.25, 0.3) is 0 Å². The third kappa shape index (κ3) is 4.19. The van der Waals surface area contributed by atoms with Gasteiger partial charge in [-0.25, -0.2) is 5.43 Å². The Labute approximate surface area is 151 Å². The van der Waals surface area contributed by atoms with E-state index in [1.807, 2.05) is 49.4 Å². The third-order valence-electron chi connectivity index (χ3n) is 3.92. The van der Waals surface area contributed by atoms with Gasteiger partial charge in [0, 0.05) is 0 Å². The van der Waals surface area contributed by atoms with Crippen LogP contribution in [0.5, 0.6) is 11.5 Å². The predicted molar refractivity (Wildman–Crippen MR) is 103 cm³/mol. The summed E-state index contributed by atoms with van der Waals surface area (Å²) in [4.78, 5) is 12.2. The maximum atomic E-state index is 12.2. The van der Waals surface area contributed by atoms with E-state index < -0.39 is 0 Å². The zero-order valence-electron chi connectivity index (χ0n) is 14.5. The summed E-state index contributed by atoms with van der Waals surface area (Å²) in [6.07, 6.45) is 1.77. The molecule has 0 aliphatic carbocycles. The van der Waals surface area contributed by atoms with E-state index in [0.717, 1.165) is 21.9 Å². The molecule has 0 saturated heterocycles. The number of ether oxygens (including phenoxy) is 1. The second kappa shape index (κ2) is 8.16. The SMILES string of the molecule is CCOc1cc(C=NNC(=O)Cc2cccc3ccccc23)ccc1O. The summed E-state index contributed by atoms with van der Waals surface area (Å²) in [6.45, 7) is 2.30. The summed E-state index contributed by atoms with van der Waals surface area (Å²) in [5, 5.41) is 15.8. The number of amides is 1. The second-order valence-electron chi connectivity index (χ2n) is 5.77. The van der Waals surface area contributed by atoms with Gasteiger partial charge in [0.15, 0.2) is 11.5 Å². The zero-order valence-corrected chi connectivity index (χ0v) is 14.5. The van der Waals surface area contributed by atoms with Crippen molar-refractivity contribution in [2.45, 2.75) is 13.3 Å². The number of nitrogens with zero attached hydrogens (tertiary/aromatic N) is 1. The Morgan fingerprint density at radius 1 is 1.15 bits per heavy atom. The Kier molecular flexibility index (Phi) is 5.49. The van der Waals surface area contributed by atoms with Crippen molar-refractivity contribution in [3.63, 3.8) is 0 Å². The smallest absolute Gasteiger partial charge is 0.244 e. The summed E-state index contributed by atoms with van der Waals surface area (Å²) in [7, 11) is 0. The average Bonchev–Trinajstić information content (AvgIpc) is 2.65. The fraction of sp³-hybridized carbons (Fsp3) is 0.143. The molecule has 132 valence electrons. The molecule has 0 aromatic heterocycles. The van der Waals surface area contributed by atoms with Gasteiger partial charge < -0.3 is 9.84 Å². The van der Waals surface area contributed by atoms with Gasteiger partial charge in [0.2, 0.25) is 5.91 Å². The van der Waals surface area contributed by atoms with Crippen LogP contribution in [0.4, 0.5) is 0 Å². The van der Waals surface area contributed by atoms with Gasteiger partial charge >= 0.3 is 0 Å². The number of fused-ring (bicyclic) bond motifs is 1. The molecule has 2 N–H and O–H groups in total. The lowest BCUT2D eigenvalue weighted by atomic mass is 10.0. The molecule has 0 saturated carbocycles. The van der Waals surface area contributed by atoms with Crippen LogP contribution in [-0.4, -0.2) is 23.8 Å². The van der Waals surface area contributed by atoms with Crippen molar-refractivity contribution in [3.8, 4) is 11.5 Å². The van der Waals surface area contributed by atoms with Crippen molar-refractivity contribution < 1.29 is 14.6 Å². The standard InChI is InChI=1S/C21H20N2O3/c1-2-26-20-12-15(10-11-19(20)24)14-22-23-21(25)13-17-8-5-7-16-6-3-4-9-18(16)17/h3-12,14,24H,2,13H2,1H3,(H,23,25). The van der Waals surface area contributed by atoms with Crippen LogP contribution < -0.4 is 10.2 Å². The Hall–Kier alpha value is -3.34. The lowest BCUT2D eigenvalue weighted by molar-refractivity contribution is -0.120. The molecule has 5 nitrogen and oxygen atoms in total. The van der Waals surface area contributed by atoms with Crippen molar-refractivity contribution in [2.24, 2.45) is 5.10 Å². The summed E-state index contributed by atoms with van der Waals surface area (Å²) in [6, 6.07) is 18.8. The molecule has 0 spiro atoms. The number of benzene rings is 3. The maximum absolute atomic E-state index is 12.2. The molecular formula is C21H20N2O3. The van der Waals surface area contributed by atoms with Crippen molar-refractivity contribution in [1.82, 2.24) is 5.43 Å². The summed E-state index contributed by atoms with van der Waals surface area (Å²) < 4.78 is 5.33. The van der Waals surface area contributed by atoms with Crippen molar-refractivity contribution in [1.29, 1.82) is 0 Å². The normalized spacial score (nSPS) is 11.0. The van der Waals surface area contributed by atoms with Crippen molar-refractivity contribution in [3.05, 3.63) is 71.8 Å². The Morgan fingerprint density at radius 2 is 1.96 bits per heavy atom. The molecule has 1 amide bonds. The number of hydrogen-bond donors (Lipinski definition) is 2. The first kappa shape index (κ1) is 17.5. The Morgan fingerprint density at radius 3 is 2.81 bits per heavy atom. The molecule has 0 fully saturated rings. The minimum absolute atomic E-state index is 0.0731. The molecule has 3 aromatic carbocycles. The largest absolute Gasteiger partial charge is 0.504 e. The number of nitrogens with one attached hydrogen (secondary N) is 1. The average molecular weight is 348 g/mol. The van der Waals surface area contributed by atoms with E-state index in [-0.39, 0.29) is 18.1 Å². The first-order valence-electron chi connectivity index (χ1n) is 8.41. The number of hydrogen-bond acceptors (Lipinski definition) is 4. The topological polar surface area (TPSA) is 70.9 Å². The zero-order chi connectivity index (χ0) is 18.4. The first-order chi connectivity index (χ1) is 12.7. The van der Waals surface area contributed by atoms with E-state index in [2.05, 4.69) is 10.5 Å². The quantitative estimate of drug-likeness (QED) is 0.528. The lowest BCUT2D eigenvalue weighted by Crippen LogP contribution is -2.19. The molecule has 0 aliphatic rings. The van der Waals surface area contributed by atoms with Gasteiger partial charge in [-0.2, -0.15) is 5.10 Å². The Balaban J connectivity index is 1.65. The van der Waals surface area contributed by atoms with Crippen LogP contribution in [0.3, 0.4) is 0 Å². The van der Waals surface area contributed by atoms with Gasteiger partial charge in [-0.3, -0.25) is 4.79 Å². The van der Waals surface area contributed by atoms with Gasteiger partial charge in [0.05, 0.1) is 19.2 Å². The highest BCUT2D eigenvalue weighted by molar-refractivity contribution is 5.90. The lowest BCUT2D eigenvalue weighted by Gasteiger charge is -2.06. The fourth-order valence-electron chi connectivity index (χ4n) is 2.72. The van der Waals surface area contributed by atoms with Crippen molar-refractivity contribution >= 4 is 22.9 Å². The van der Waals surface area contributed by atoms with Crippen LogP contribution in [0.2, 0.25) is 0 Å².